The van der Waals surface area contributed by atoms with Crippen LogP contribution in [0, 0.1) is 19.7 Å². The van der Waals surface area contributed by atoms with Crippen LogP contribution in [0.1, 0.15) is 11.3 Å². The summed E-state index contributed by atoms with van der Waals surface area (Å²) in [6.07, 6.45) is 0. The fourth-order valence-electron chi connectivity index (χ4n) is 1.49. The lowest BCUT2D eigenvalue weighted by molar-refractivity contribution is 0.639. The summed E-state index contributed by atoms with van der Waals surface area (Å²) in [4.78, 5) is 3.13. The smallest absolute Gasteiger partial charge is 0.132 e. The van der Waals surface area contributed by atoms with E-state index in [2.05, 4.69) is 4.98 Å². The molecule has 2 rings (SSSR count). The summed E-state index contributed by atoms with van der Waals surface area (Å²) in [7, 11) is 0. The maximum atomic E-state index is 13.2. The van der Waals surface area contributed by atoms with Crippen molar-refractivity contribution in [2.75, 3.05) is 0 Å². The van der Waals surface area contributed by atoms with Gasteiger partial charge in [-0.2, -0.15) is 0 Å². The Morgan fingerprint density at radius 1 is 1.25 bits per heavy atom. The third kappa shape index (κ3) is 0.843. The van der Waals surface area contributed by atoms with Crippen LogP contribution in [0.3, 0.4) is 0 Å². The lowest BCUT2D eigenvalue weighted by Crippen LogP contribution is -1.76. The Morgan fingerprint density at radius 2 is 2.00 bits per heavy atom. The zero-order valence-corrected chi connectivity index (χ0v) is 7.11. The topological polar surface area (TPSA) is 15.8 Å². The van der Waals surface area contributed by atoms with Gasteiger partial charge in [0, 0.05) is 16.6 Å². The van der Waals surface area contributed by atoms with E-state index in [-0.39, 0.29) is 5.82 Å². The number of fused-ring (bicyclic) bond motifs is 1. The molecule has 0 aliphatic carbocycles. The van der Waals surface area contributed by atoms with E-state index >= 15 is 0 Å². The van der Waals surface area contributed by atoms with Gasteiger partial charge in [-0.25, -0.2) is 4.39 Å². The zero-order chi connectivity index (χ0) is 8.72. The minimum absolute atomic E-state index is 0.144. The summed E-state index contributed by atoms with van der Waals surface area (Å²) in [5.41, 5.74) is 2.92. The predicted molar refractivity (Wildman–Crippen MR) is 47.7 cm³/mol. The van der Waals surface area contributed by atoms with E-state index in [1.165, 1.54) is 6.07 Å². The molecule has 0 spiro atoms. The van der Waals surface area contributed by atoms with Gasteiger partial charge >= 0.3 is 0 Å². The molecule has 1 heterocycles. The Kier molecular flexibility index (Phi) is 1.43. The van der Waals surface area contributed by atoms with Crippen molar-refractivity contribution in [1.29, 1.82) is 0 Å². The van der Waals surface area contributed by atoms with Gasteiger partial charge in [0.15, 0.2) is 0 Å². The number of benzene rings is 1. The van der Waals surface area contributed by atoms with Crippen LogP contribution in [0.25, 0.3) is 10.9 Å². The van der Waals surface area contributed by atoms with Gasteiger partial charge in [-0.3, -0.25) is 0 Å². The lowest BCUT2D eigenvalue weighted by Gasteiger charge is -1.92. The first-order valence-electron chi connectivity index (χ1n) is 3.93. The molecule has 1 N–H and O–H groups in total. The van der Waals surface area contributed by atoms with E-state index in [1.807, 2.05) is 19.9 Å². The Balaban J connectivity index is 2.97. The number of aromatic nitrogens is 1. The third-order valence-corrected chi connectivity index (χ3v) is 2.27. The molecule has 0 radical (unpaired) electrons. The first kappa shape index (κ1) is 7.35. The molecule has 0 amide bonds. The van der Waals surface area contributed by atoms with Crippen LogP contribution < -0.4 is 0 Å². The summed E-state index contributed by atoms with van der Waals surface area (Å²) < 4.78 is 13.2. The molecule has 0 atom stereocenters. The Hall–Kier alpha value is -1.31. The molecule has 0 saturated carbocycles. The average Bonchev–Trinajstić information content (AvgIpc) is 2.29. The van der Waals surface area contributed by atoms with Gasteiger partial charge in [-0.05, 0) is 31.5 Å². The number of H-pyrrole nitrogens is 1. The second kappa shape index (κ2) is 2.34. The van der Waals surface area contributed by atoms with Crippen LogP contribution in [-0.2, 0) is 0 Å². The molecule has 0 aliphatic rings. The van der Waals surface area contributed by atoms with Crippen molar-refractivity contribution in [2.45, 2.75) is 13.8 Å². The molecule has 2 heteroatoms. The van der Waals surface area contributed by atoms with Crippen LogP contribution in [0.5, 0.6) is 0 Å². The van der Waals surface area contributed by atoms with E-state index in [0.717, 1.165) is 22.2 Å². The van der Waals surface area contributed by atoms with Crippen LogP contribution in [0.2, 0.25) is 0 Å². The molecule has 62 valence electrons. The first-order chi connectivity index (χ1) is 5.70. The van der Waals surface area contributed by atoms with Crippen molar-refractivity contribution in [1.82, 2.24) is 4.98 Å². The molecule has 0 unspecified atom stereocenters. The van der Waals surface area contributed by atoms with Crippen molar-refractivity contribution < 1.29 is 4.39 Å². The molecule has 0 bridgehead atoms. The second-order valence-electron chi connectivity index (χ2n) is 3.04. The molecular formula is C10H10FN. The number of halogens is 1. The fraction of sp³-hybridized carbons (Fsp3) is 0.200. The minimum atomic E-state index is -0.144. The SMILES string of the molecule is Cc1[nH]c2cccc(F)c2c1C. The molecule has 0 fully saturated rings. The van der Waals surface area contributed by atoms with Gasteiger partial charge in [0.1, 0.15) is 5.82 Å². The minimum Gasteiger partial charge on any atom is -0.358 e. The highest BCUT2D eigenvalue weighted by Crippen LogP contribution is 2.23. The van der Waals surface area contributed by atoms with Gasteiger partial charge in [0.05, 0.1) is 0 Å². The summed E-state index contributed by atoms with van der Waals surface area (Å²) >= 11 is 0. The average molecular weight is 163 g/mol. The summed E-state index contributed by atoms with van der Waals surface area (Å²) in [6.45, 7) is 3.88. The van der Waals surface area contributed by atoms with Crippen LogP contribution >= 0.6 is 0 Å². The van der Waals surface area contributed by atoms with Gasteiger partial charge in [-0.1, -0.05) is 6.07 Å². The molecule has 0 aliphatic heterocycles. The Morgan fingerprint density at radius 3 is 2.67 bits per heavy atom. The Bertz CT molecular complexity index is 429. The van der Waals surface area contributed by atoms with E-state index in [0.29, 0.717) is 0 Å². The normalized spacial score (nSPS) is 10.9. The molecule has 1 nitrogen and oxygen atoms in total. The second-order valence-corrected chi connectivity index (χ2v) is 3.04. The van der Waals surface area contributed by atoms with Crippen molar-refractivity contribution in [3.63, 3.8) is 0 Å². The number of aromatic amines is 1. The van der Waals surface area contributed by atoms with Gasteiger partial charge in [-0.15, -0.1) is 0 Å². The monoisotopic (exact) mass is 163 g/mol. The van der Waals surface area contributed by atoms with Crippen LogP contribution in [-0.4, -0.2) is 4.98 Å². The van der Waals surface area contributed by atoms with Crippen molar-refractivity contribution in [2.24, 2.45) is 0 Å². The van der Waals surface area contributed by atoms with Crippen LogP contribution in [0.15, 0.2) is 18.2 Å². The quantitative estimate of drug-likeness (QED) is 0.614. The molecule has 0 saturated heterocycles. The Labute approximate surface area is 70.2 Å². The van der Waals surface area contributed by atoms with Crippen molar-refractivity contribution in [3.8, 4) is 0 Å². The number of hydrogen-bond donors (Lipinski definition) is 1. The third-order valence-electron chi connectivity index (χ3n) is 2.27. The molecule has 12 heavy (non-hydrogen) atoms. The fourth-order valence-corrected chi connectivity index (χ4v) is 1.49. The number of hydrogen-bond acceptors (Lipinski definition) is 0. The molecule has 2 aromatic rings. The molecular weight excluding hydrogens is 153 g/mol. The summed E-state index contributed by atoms with van der Waals surface area (Å²) in [5.74, 6) is -0.144. The van der Waals surface area contributed by atoms with Crippen molar-refractivity contribution in [3.05, 3.63) is 35.3 Å². The van der Waals surface area contributed by atoms with Gasteiger partial charge in [0.2, 0.25) is 0 Å². The summed E-state index contributed by atoms with van der Waals surface area (Å²) in [5, 5.41) is 0.718. The standard InChI is InChI=1S/C10H10FN/c1-6-7(2)12-9-5-3-4-8(11)10(6)9/h3-5,12H,1-2H3. The first-order valence-corrected chi connectivity index (χ1v) is 3.93. The van der Waals surface area contributed by atoms with Gasteiger partial charge in [0.25, 0.3) is 0 Å². The maximum absolute atomic E-state index is 13.2. The van der Waals surface area contributed by atoms with E-state index in [9.17, 15) is 4.39 Å². The highest BCUT2D eigenvalue weighted by atomic mass is 19.1. The van der Waals surface area contributed by atoms with Gasteiger partial charge < -0.3 is 4.98 Å². The maximum Gasteiger partial charge on any atom is 0.132 e. The lowest BCUT2D eigenvalue weighted by atomic mass is 10.1. The largest absolute Gasteiger partial charge is 0.358 e. The number of rotatable bonds is 0. The predicted octanol–water partition coefficient (Wildman–Crippen LogP) is 2.92. The highest BCUT2D eigenvalue weighted by Gasteiger charge is 2.07. The number of nitrogens with one attached hydrogen (secondary N) is 1. The van der Waals surface area contributed by atoms with E-state index < -0.39 is 0 Å². The highest BCUT2D eigenvalue weighted by molar-refractivity contribution is 5.84. The van der Waals surface area contributed by atoms with Crippen LogP contribution in [0.4, 0.5) is 4.39 Å². The molecule has 1 aromatic carbocycles. The van der Waals surface area contributed by atoms with E-state index in [1.54, 1.807) is 6.07 Å². The summed E-state index contributed by atoms with van der Waals surface area (Å²) in [6, 6.07) is 5.09. The van der Waals surface area contributed by atoms with E-state index in [4.69, 9.17) is 0 Å². The zero-order valence-electron chi connectivity index (χ0n) is 7.11. The number of aryl methyl sites for hydroxylation is 2. The molecule has 1 aromatic heterocycles. The van der Waals surface area contributed by atoms with Crippen molar-refractivity contribution >= 4 is 10.9 Å².